The third kappa shape index (κ3) is 3.99. The van der Waals surface area contributed by atoms with Gasteiger partial charge in [-0.05, 0) is 24.1 Å². The molecule has 0 fully saturated rings. The molecule has 0 aliphatic heterocycles. The van der Waals surface area contributed by atoms with E-state index in [1.165, 1.54) is 18.6 Å². The monoisotopic (exact) mass is 279 g/mol. The highest BCUT2D eigenvalue weighted by Crippen LogP contribution is 2.21. The lowest BCUT2D eigenvalue weighted by Gasteiger charge is -2.13. The zero-order valence-electron chi connectivity index (χ0n) is 11.3. The predicted octanol–water partition coefficient (Wildman–Crippen LogP) is 3.50. The molecule has 1 aromatic heterocycles. The van der Waals surface area contributed by atoms with Gasteiger partial charge in [-0.25, -0.2) is 4.39 Å². The first kappa shape index (κ1) is 13.9. The third-order valence-electron chi connectivity index (χ3n) is 2.90. The molecule has 102 valence electrons. The number of halogens is 1. The number of hydrogen-bond acceptors (Lipinski definition) is 4. The zero-order valence-corrected chi connectivity index (χ0v) is 12.1. The lowest BCUT2D eigenvalue weighted by Crippen LogP contribution is -2.17. The van der Waals surface area contributed by atoms with Gasteiger partial charge < -0.3 is 4.90 Å². The Labute approximate surface area is 117 Å². The van der Waals surface area contributed by atoms with E-state index < -0.39 is 0 Å². The lowest BCUT2D eigenvalue weighted by atomic mass is 10.2. The molecule has 0 saturated carbocycles. The molecule has 2 aromatic rings. The van der Waals surface area contributed by atoms with Gasteiger partial charge in [0, 0.05) is 20.0 Å². The molecule has 0 unspecified atom stereocenters. The Morgan fingerprint density at radius 2 is 1.95 bits per heavy atom. The quantitative estimate of drug-likeness (QED) is 0.810. The van der Waals surface area contributed by atoms with Gasteiger partial charge in [-0.1, -0.05) is 36.8 Å². The molecule has 0 spiro atoms. The van der Waals surface area contributed by atoms with Gasteiger partial charge in [0.2, 0.25) is 5.13 Å². The number of hydrogen-bond donors (Lipinski definition) is 0. The summed E-state index contributed by atoms with van der Waals surface area (Å²) in [5.74, 6) is -0.207. The summed E-state index contributed by atoms with van der Waals surface area (Å²) < 4.78 is 12.8. The van der Waals surface area contributed by atoms with Crippen molar-refractivity contribution < 1.29 is 4.39 Å². The highest BCUT2D eigenvalue weighted by atomic mass is 32.1. The molecular weight excluding hydrogens is 261 g/mol. The van der Waals surface area contributed by atoms with Crippen LogP contribution in [0.4, 0.5) is 9.52 Å². The van der Waals surface area contributed by atoms with Gasteiger partial charge >= 0.3 is 0 Å². The molecule has 0 bridgehead atoms. The lowest BCUT2D eigenvalue weighted by molar-refractivity contribution is 0.627. The van der Waals surface area contributed by atoms with Crippen molar-refractivity contribution in [2.75, 3.05) is 18.5 Å². The van der Waals surface area contributed by atoms with Crippen molar-refractivity contribution in [3.05, 3.63) is 40.7 Å². The summed E-state index contributed by atoms with van der Waals surface area (Å²) in [5, 5.41) is 10.3. The number of nitrogens with zero attached hydrogens (tertiary/aromatic N) is 3. The predicted molar refractivity (Wildman–Crippen MR) is 77.3 cm³/mol. The van der Waals surface area contributed by atoms with Crippen LogP contribution in [-0.2, 0) is 6.42 Å². The fourth-order valence-corrected chi connectivity index (χ4v) is 2.60. The maximum absolute atomic E-state index is 12.8. The van der Waals surface area contributed by atoms with Gasteiger partial charge in [0.05, 0.1) is 0 Å². The average Bonchev–Trinajstić information content (AvgIpc) is 2.87. The molecule has 0 atom stereocenters. The van der Waals surface area contributed by atoms with Crippen molar-refractivity contribution >= 4 is 16.5 Å². The maximum Gasteiger partial charge on any atom is 0.208 e. The number of anilines is 1. The Balaban J connectivity index is 1.98. The Kier molecular flexibility index (Phi) is 4.85. The zero-order chi connectivity index (χ0) is 13.7. The third-order valence-corrected chi connectivity index (χ3v) is 3.94. The molecule has 5 heteroatoms. The normalized spacial score (nSPS) is 10.7. The molecule has 0 radical (unpaired) electrons. The Hall–Kier alpha value is -1.49. The van der Waals surface area contributed by atoms with Crippen molar-refractivity contribution in [2.24, 2.45) is 0 Å². The highest BCUT2D eigenvalue weighted by molar-refractivity contribution is 7.15. The summed E-state index contributed by atoms with van der Waals surface area (Å²) in [6.07, 6.45) is 3.04. The SMILES string of the molecule is CCCCN(C)c1nnc(Cc2ccc(F)cc2)s1. The van der Waals surface area contributed by atoms with Crippen LogP contribution in [0.2, 0.25) is 0 Å². The molecule has 2 rings (SSSR count). The molecule has 0 aliphatic rings. The smallest absolute Gasteiger partial charge is 0.208 e. The minimum Gasteiger partial charge on any atom is -0.350 e. The minimum atomic E-state index is -0.207. The average molecular weight is 279 g/mol. The molecule has 1 heterocycles. The fourth-order valence-electron chi connectivity index (χ4n) is 1.74. The van der Waals surface area contributed by atoms with Crippen LogP contribution in [0.3, 0.4) is 0 Å². The van der Waals surface area contributed by atoms with Crippen LogP contribution in [-0.4, -0.2) is 23.8 Å². The minimum absolute atomic E-state index is 0.207. The van der Waals surface area contributed by atoms with Gasteiger partial charge in [-0.3, -0.25) is 0 Å². The molecule has 0 N–H and O–H groups in total. The molecule has 0 saturated heterocycles. The Bertz CT molecular complexity index is 510. The van der Waals surface area contributed by atoms with E-state index in [4.69, 9.17) is 0 Å². The molecule has 1 aromatic carbocycles. The first-order valence-electron chi connectivity index (χ1n) is 6.47. The van der Waals surface area contributed by atoms with Crippen LogP contribution in [0.25, 0.3) is 0 Å². The van der Waals surface area contributed by atoms with Crippen LogP contribution < -0.4 is 4.90 Å². The fraction of sp³-hybridized carbons (Fsp3) is 0.429. The van der Waals surface area contributed by atoms with E-state index in [-0.39, 0.29) is 5.82 Å². The standard InChI is InChI=1S/C14H18FN3S/c1-3-4-9-18(2)14-17-16-13(19-14)10-11-5-7-12(15)8-6-11/h5-8H,3-4,9-10H2,1-2H3. The summed E-state index contributed by atoms with van der Waals surface area (Å²) in [7, 11) is 2.04. The van der Waals surface area contributed by atoms with Crippen LogP contribution in [0.1, 0.15) is 30.3 Å². The molecular formula is C14H18FN3S. The van der Waals surface area contributed by atoms with E-state index in [0.29, 0.717) is 6.42 Å². The van der Waals surface area contributed by atoms with Crippen molar-refractivity contribution in [3.8, 4) is 0 Å². The number of rotatable bonds is 6. The highest BCUT2D eigenvalue weighted by Gasteiger charge is 2.09. The van der Waals surface area contributed by atoms with E-state index in [1.54, 1.807) is 23.5 Å². The summed E-state index contributed by atoms with van der Waals surface area (Å²) in [6, 6.07) is 6.53. The summed E-state index contributed by atoms with van der Waals surface area (Å²) >= 11 is 1.60. The van der Waals surface area contributed by atoms with Gasteiger partial charge in [-0.15, -0.1) is 10.2 Å². The van der Waals surface area contributed by atoms with Crippen LogP contribution in [0, 0.1) is 5.82 Å². The van der Waals surface area contributed by atoms with E-state index in [0.717, 1.165) is 28.7 Å². The second-order valence-corrected chi connectivity index (χ2v) is 5.60. The molecule has 19 heavy (non-hydrogen) atoms. The first-order chi connectivity index (χ1) is 9.19. The van der Waals surface area contributed by atoms with Crippen LogP contribution in [0.5, 0.6) is 0 Å². The first-order valence-corrected chi connectivity index (χ1v) is 7.28. The Morgan fingerprint density at radius 3 is 2.63 bits per heavy atom. The summed E-state index contributed by atoms with van der Waals surface area (Å²) in [6.45, 7) is 3.18. The summed E-state index contributed by atoms with van der Waals surface area (Å²) in [4.78, 5) is 2.13. The Morgan fingerprint density at radius 1 is 1.21 bits per heavy atom. The van der Waals surface area contributed by atoms with Gasteiger partial charge in [0.25, 0.3) is 0 Å². The van der Waals surface area contributed by atoms with Crippen molar-refractivity contribution in [1.29, 1.82) is 0 Å². The summed E-state index contributed by atoms with van der Waals surface area (Å²) in [5.41, 5.74) is 1.06. The molecule has 0 amide bonds. The second kappa shape index (κ2) is 6.61. The van der Waals surface area contributed by atoms with Crippen LogP contribution >= 0.6 is 11.3 Å². The second-order valence-electron chi connectivity index (χ2n) is 4.56. The van der Waals surface area contributed by atoms with Crippen molar-refractivity contribution in [2.45, 2.75) is 26.2 Å². The number of aromatic nitrogens is 2. The molecule has 0 aliphatic carbocycles. The van der Waals surface area contributed by atoms with E-state index in [9.17, 15) is 4.39 Å². The van der Waals surface area contributed by atoms with Crippen molar-refractivity contribution in [3.63, 3.8) is 0 Å². The number of benzene rings is 1. The van der Waals surface area contributed by atoms with E-state index in [2.05, 4.69) is 22.0 Å². The van der Waals surface area contributed by atoms with E-state index in [1.807, 2.05) is 7.05 Å². The van der Waals surface area contributed by atoms with Crippen LogP contribution in [0.15, 0.2) is 24.3 Å². The molecule has 3 nitrogen and oxygen atoms in total. The van der Waals surface area contributed by atoms with Gasteiger partial charge in [0.15, 0.2) is 0 Å². The van der Waals surface area contributed by atoms with E-state index >= 15 is 0 Å². The topological polar surface area (TPSA) is 29.0 Å². The van der Waals surface area contributed by atoms with Gasteiger partial charge in [-0.2, -0.15) is 0 Å². The largest absolute Gasteiger partial charge is 0.350 e. The van der Waals surface area contributed by atoms with Gasteiger partial charge in [0.1, 0.15) is 10.8 Å². The maximum atomic E-state index is 12.8. The van der Waals surface area contributed by atoms with Crippen molar-refractivity contribution in [1.82, 2.24) is 10.2 Å². The number of unbranched alkanes of at least 4 members (excludes halogenated alkanes) is 1.